The van der Waals surface area contributed by atoms with Gasteiger partial charge in [0.25, 0.3) is 0 Å². The van der Waals surface area contributed by atoms with E-state index in [-0.39, 0.29) is 16.4 Å². The van der Waals surface area contributed by atoms with Crippen LogP contribution in [0.1, 0.15) is 115 Å². The van der Waals surface area contributed by atoms with Crippen molar-refractivity contribution in [2.24, 2.45) is 22.2 Å². The highest BCUT2D eigenvalue weighted by molar-refractivity contribution is 5.01. The average molecular weight is 412 g/mol. The van der Waals surface area contributed by atoms with Gasteiger partial charge in [0, 0.05) is 18.6 Å². The zero-order chi connectivity index (χ0) is 23.1. The molecule has 1 atom stereocenters. The molecule has 1 heterocycles. The van der Waals surface area contributed by atoms with Gasteiger partial charge < -0.3 is 10.2 Å². The second-order valence-electron chi connectivity index (χ2n) is 14.0. The lowest BCUT2D eigenvalue weighted by Crippen LogP contribution is -2.48. The first kappa shape index (κ1) is 26.9. The van der Waals surface area contributed by atoms with E-state index in [2.05, 4.69) is 88.0 Å². The summed E-state index contributed by atoms with van der Waals surface area (Å²) in [7, 11) is 0. The van der Waals surface area contributed by atoms with Crippen LogP contribution in [0.3, 0.4) is 0 Å². The van der Waals surface area contributed by atoms with Gasteiger partial charge in [0.05, 0.1) is 11.2 Å². The third-order valence-corrected chi connectivity index (χ3v) is 8.03. The molecule has 0 aromatic rings. The first-order valence-corrected chi connectivity index (χ1v) is 11.8. The van der Waals surface area contributed by atoms with E-state index in [9.17, 15) is 10.2 Å². The third-order valence-electron chi connectivity index (χ3n) is 8.03. The molecule has 1 unspecified atom stereocenters. The Morgan fingerprint density at radius 2 is 1.07 bits per heavy atom. The monoisotopic (exact) mass is 411 g/mol. The van der Waals surface area contributed by atoms with Gasteiger partial charge in [0.1, 0.15) is 0 Å². The van der Waals surface area contributed by atoms with Crippen molar-refractivity contribution in [2.75, 3.05) is 13.1 Å². The number of nitrogens with zero attached hydrogens (tertiary/aromatic N) is 1. The summed E-state index contributed by atoms with van der Waals surface area (Å²) in [5, 5.41) is 21.1. The van der Waals surface area contributed by atoms with Gasteiger partial charge in [-0.3, -0.25) is 4.90 Å². The molecule has 0 spiro atoms. The maximum Gasteiger partial charge on any atom is 0.0834 e. The van der Waals surface area contributed by atoms with Crippen LogP contribution < -0.4 is 0 Å². The van der Waals surface area contributed by atoms with Crippen LogP contribution in [0.2, 0.25) is 0 Å². The zero-order valence-corrected chi connectivity index (χ0v) is 21.9. The van der Waals surface area contributed by atoms with Crippen molar-refractivity contribution in [1.29, 1.82) is 0 Å². The number of aliphatic hydroxyl groups is 2. The van der Waals surface area contributed by atoms with Crippen molar-refractivity contribution in [1.82, 2.24) is 4.90 Å². The molecule has 29 heavy (non-hydrogen) atoms. The molecule has 3 heteroatoms. The van der Waals surface area contributed by atoms with E-state index in [4.69, 9.17) is 0 Å². The molecule has 2 fully saturated rings. The second-order valence-corrected chi connectivity index (χ2v) is 14.0. The Balaban J connectivity index is 0.000000291. The molecule has 2 rings (SSSR count). The number of β-amino-alcohol motifs (C(OH)–C–C–N with tert-alkyl or cyclic N) is 1. The summed E-state index contributed by atoms with van der Waals surface area (Å²) >= 11 is 0. The van der Waals surface area contributed by atoms with Crippen LogP contribution in [0.4, 0.5) is 0 Å². The first-order chi connectivity index (χ1) is 12.6. The van der Waals surface area contributed by atoms with Gasteiger partial charge in [-0.15, -0.1) is 0 Å². The molecular weight excluding hydrogens is 358 g/mol. The Morgan fingerprint density at radius 1 is 0.655 bits per heavy atom. The Labute approximate surface area is 182 Å². The summed E-state index contributed by atoms with van der Waals surface area (Å²) in [5.74, 6) is 0.778. The predicted octanol–water partition coefficient (Wildman–Crippen LogP) is 6.27. The van der Waals surface area contributed by atoms with Crippen molar-refractivity contribution in [2.45, 2.75) is 132 Å². The lowest BCUT2D eigenvalue weighted by Gasteiger charge is -2.47. The fraction of sp³-hybridized carbons (Fsp3) is 1.00. The van der Waals surface area contributed by atoms with E-state index in [1.54, 1.807) is 0 Å². The topological polar surface area (TPSA) is 43.7 Å². The summed E-state index contributed by atoms with van der Waals surface area (Å²) in [5.41, 5.74) is -0.368. The van der Waals surface area contributed by atoms with Crippen molar-refractivity contribution in [3.63, 3.8) is 0 Å². The highest BCUT2D eigenvalue weighted by atomic mass is 16.3. The van der Waals surface area contributed by atoms with E-state index < -0.39 is 11.2 Å². The maximum absolute atomic E-state index is 10.6. The van der Waals surface area contributed by atoms with Crippen LogP contribution in [0, 0.1) is 22.2 Å². The minimum Gasteiger partial charge on any atom is -0.389 e. The van der Waals surface area contributed by atoms with E-state index >= 15 is 0 Å². The molecule has 1 aliphatic carbocycles. The Hall–Kier alpha value is -0.120. The van der Waals surface area contributed by atoms with Crippen molar-refractivity contribution < 1.29 is 10.2 Å². The summed E-state index contributed by atoms with van der Waals surface area (Å²) in [6.07, 6.45) is 5.19. The molecule has 2 aliphatic rings. The molecule has 0 amide bonds. The first-order valence-electron chi connectivity index (χ1n) is 11.8. The highest BCUT2D eigenvalue weighted by Crippen LogP contribution is 2.47. The quantitative estimate of drug-likeness (QED) is 0.494. The van der Waals surface area contributed by atoms with Gasteiger partial charge in [-0.05, 0) is 75.0 Å². The molecule has 0 radical (unpaired) electrons. The zero-order valence-electron chi connectivity index (χ0n) is 21.9. The molecule has 1 aliphatic heterocycles. The second kappa shape index (κ2) is 8.43. The van der Waals surface area contributed by atoms with E-state index in [1.807, 2.05) is 0 Å². The molecule has 1 saturated carbocycles. The van der Waals surface area contributed by atoms with Crippen LogP contribution in [-0.2, 0) is 0 Å². The van der Waals surface area contributed by atoms with Crippen LogP contribution in [0.15, 0.2) is 0 Å². The van der Waals surface area contributed by atoms with Gasteiger partial charge in [0.2, 0.25) is 0 Å². The molecular formula is C26H53NO2. The summed E-state index contributed by atoms with van der Waals surface area (Å²) < 4.78 is 0. The van der Waals surface area contributed by atoms with Crippen LogP contribution in [-0.4, -0.2) is 44.9 Å². The SMILES string of the molecule is CC(C)(C)C1CCC(O)(C(C)(C)C)CC1.CC(C)(C)N1CCC(O)(C(C)(C)C)C1. The van der Waals surface area contributed by atoms with Crippen molar-refractivity contribution in [3.8, 4) is 0 Å². The minimum absolute atomic E-state index is 0.0208. The van der Waals surface area contributed by atoms with Crippen molar-refractivity contribution >= 4 is 0 Å². The van der Waals surface area contributed by atoms with Crippen molar-refractivity contribution in [3.05, 3.63) is 0 Å². The predicted molar refractivity (Wildman–Crippen MR) is 126 cm³/mol. The number of likely N-dealkylation sites (tertiary alicyclic amines) is 1. The summed E-state index contributed by atoms with van der Waals surface area (Å²) in [6, 6.07) is 0. The molecule has 3 nitrogen and oxygen atoms in total. The standard InChI is InChI=1S/C14H28O.C12H25NO/c1-12(2,3)11-7-9-14(15,10-8-11)13(4,5)6;1-10(2,3)12(14)7-8-13(9-12)11(4,5)6/h11,15H,7-10H2,1-6H3;14H,7-9H2,1-6H3. The minimum atomic E-state index is -0.514. The van der Waals surface area contributed by atoms with E-state index in [0.717, 1.165) is 38.3 Å². The van der Waals surface area contributed by atoms with Gasteiger partial charge in [-0.1, -0.05) is 62.3 Å². The lowest BCUT2D eigenvalue weighted by molar-refractivity contribution is -0.101. The molecule has 2 N–H and O–H groups in total. The fourth-order valence-electron chi connectivity index (χ4n) is 4.69. The lowest BCUT2D eigenvalue weighted by atomic mass is 9.62. The Kier molecular flexibility index (Phi) is 7.82. The smallest absolute Gasteiger partial charge is 0.0834 e. The largest absolute Gasteiger partial charge is 0.389 e. The molecule has 1 saturated heterocycles. The number of hydrogen-bond acceptors (Lipinski definition) is 3. The average Bonchev–Trinajstić information content (AvgIpc) is 2.90. The van der Waals surface area contributed by atoms with Gasteiger partial charge in [-0.25, -0.2) is 0 Å². The van der Waals surface area contributed by atoms with Gasteiger partial charge >= 0.3 is 0 Å². The van der Waals surface area contributed by atoms with Crippen LogP contribution >= 0.6 is 0 Å². The molecule has 0 aromatic heterocycles. The van der Waals surface area contributed by atoms with Crippen LogP contribution in [0.25, 0.3) is 0 Å². The molecule has 174 valence electrons. The summed E-state index contributed by atoms with van der Waals surface area (Å²) in [6.45, 7) is 28.2. The maximum atomic E-state index is 10.6. The fourth-order valence-corrected chi connectivity index (χ4v) is 4.69. The Morgan fingerprint density at radius 3 is 1.31 bits per heavy atom. The number of hydrogen-bond donors (Lipinski definition) is 2. The summed E-state index contributed by atoms with van der Waals surface area (Å²) in [4.78, 5) is 2.37. The molecule has 0 bridgehead atoms. The van der Waals surface area contributed by atoms with Crippen LogP contribution in [0.5, 0.6) is 0 Å². The van der Waals surface area contributed by atoms with Gasteiger partial charge in [0.15, 0.2) is 0 Å². The number of rotatable bonds is 0. The normalized spacial score (nSPS) is 32.7. The molecule has 0 aromatic carbocycles. The Bertz CT molecular complexity index is 519. The highest BCUT2D eigenvalue weighted by Gasteiger charge is 2.47. The van der Waals surface area contributed by atoms with E-state index in [1.165, 1.54) is 12.8 Å². The van der Waals surface area contributed by atoms with E-state index in [0.29, 0.717) is 5.41 Å². The van der Waals surface area contributed by atoms with Gasteiger partial charge in [-0.2, -0.15) is 0 Å². The third kappa shape index (κ3) is 6.68.